The number of halogens is 1. The highest BCUT2D eigenvalue weighted by molar-refractivity contribution is 7.85. The van der Waals surface area contributed by atoms with Crippen molar-refractivity contribution < 1.29 is 17.4 Å². The molecule has 0 aliphatic heterocycles. The van der Waals surface area contributed by atoms with Gasteiger partial charge in [-0.15, -0.1) is 0 Å². The largest absolute Gasteiger partial charge is 0.294 e. The first-order valence-corrected chi connectivity index (χ1v) is 5.52. The molecular formula is C9H11FO3S. The SMILES string of the molecule is Cc1cccc(S(=O)(=O)O)c1CCF. The Hall–Kier alpha value is -0.940. The molecule has 0 fully saturated rings. The molecule has 5 heteroatoms. The number of aryl methyl sites for hydroxylation is 1. The summed E-state index contributed by atoms with van der Waals surface area (Å²) in [5, 5.41) is 0. The number of rotatable bonds is 3. The maximum Gasteiger partial charge on any atom is 0.294 e. The summed E-state index contributed by atoms with van der Waals surface area (Å²) in [4.78, 5) is -0.199. The van der Waals surface area contributed by atoms with Crippen molar-refractivity contribution in [1.29, 1.82) is 0 Å². The van der Waals surface area contributed by atoms with Crippen LogP contribution < -0.4 is 0 Å². The highest BCUT2D eigenvalue weighted by atomic mass is 32.2. The molecule has 78 valence electrons. The lowest BCUT2D eigenvalue weighted by atomic mass is 10.1. The van der Waals surface area contributed by atoms with Crippen LogP contribution in [-0.4, -0.2) is 19.6 Å². The highest BCUT2D eigenvalue weighted by Gasteiger charge is 2.16. The molecule has 0 aromatic heterocycles. The molecule has 0 radical (unpaired) electrons. The first-order valence-electron chi connectivity index (χ1n) is 4.08. The summed E-state index contributed by atoms with van der Waals surface area (Å²) in [7, 11) is -4.24. The topological polar surface area (TPSA) is 54.4 Å². The Kier molecular flexibility index (Phi) is 3.23. The predicted octanol–water partition coefficient (Wildman–Crippen LogP) is 1.75. The van der Waals surface area contributed by atoms with Gasteiger partial charge in [-0.3, -0.25) is 8.94 Å². The van der Waals surface area contributed by atoms with Gasteiger partial charge in [0, 0.05) is 6.42 Å². The minimum absolute atomic E-state index is 0.00178. The second-order valence-electron chi connectivity index (χ2n) is 2.97. The molecule has 0 saturated heterocycles. The van der Waals surface area contributed by atoms with Gasteiger partial charge < -0.3 is 0 Å². The molecule has 0 bridgehead atoms. The standard InChI is InChI=1S/C9H11FO3S/c1-7-3-2-4-9(14(11,12)13)8(7)5-6-10/h2-4H,5-6H2,1H3,(H,11,12,13). The lowest BCUT2D eigenvalue weighted by Crippen LogP contribution is -2.05. The Morgan fingerprint density at radius 3 is 2.57 bits per heavy atom. The fraction of sp³-hybridized carbons (Fsp3) is 0.333. The Bertz CT molecular complexity index is 426. The van der Waals surface area contributed by atoms with Gasteiger partial charge in [0.1, 0.15) is 0 Å². The van der Waals surface area contributed by atoms with Crippen molar-refractivity contribution >= 4 is 10.1 Å². The van der Waals surface area contributed by atoms with Gasteiger partial charge in [0.05, 0.1) is 11.6 Å². The van der Waals surface area contributed by atoms with E-state index in [9.17, 15) is 12.8 Å². The zero-order valence-electron chi connectivity index (χ0n) is 7.70. The van der Waals surface area contributed by atoms with Gasteiger partial charge in [-0.05, 0) is 24.1 Å². The summed E-state index contributed by atoms with van der Waals surface area (Å²) in [6, 6.07) is 4.47. The average molecular weight is 218 g/mol. The third kappa shape index (κ3) is 2.30. The second kappa shape index (κ2) is 4.06. The van der Waals surface area contributed by atoms with Gasteiger partial charge in [0.15, 0.2) is 0 Å². The summed E-state index contributed by atoms with van der Waals surface area (Å²) in [5.74, 6) is 0. The Balaban J connectivity index is 3.36. The van der Waals surface area contributed by atoms with Gasteiger partial charge in [-0.1, -0.05) is 12.1 Å². The Morgan fingerprint density at radius 2 is 2.07 bits per heavy atom. The van der Waals surface area contributed by atoms with Gasteiger partial charge in [0.2, 0.25) is 0 Å². The maximum absolute atomic E-state index is 12.2. The average Bonchev–Trinajstić information content (AvgIpc) is 2.07. The molecule has 1 rings (SSSR count). The molecule has 1 aromatic carbocycles. The zero-order valence-corrected chi connectivity index (χ0v) is 8.51. The van der Waals surface area contributed by atoms with Crippen molar-refractivity contribution in [2.24, 2.45) is 0 Å². The van der Waals surface area contributed by atoms with E-state index in [-0.39, 0.29) is 11.3 Å². The maximum atomic E-state index is 12.2. The molecule has 1 N–H and O–H groups in total. The molecule has 1 aromatic rings. The van der Waals surface area contributed by atoms with E-state index in [1.807, 2.05) is 0 Å². The second-order valence-corrected chi connectivity index (χ2v) is 4.36. The Labute approximate surface area is 82.3 Å². The lowest BCUT2D eigenvalue weighted by Gasteiger charge is -2.07. The molecule has 0 atom stereocenters. The first-order chi connectivity index (χ1) is 6.46. The zero-order chi connectivity index (χ0) is 10.8. The molecule has 0 heterocycles. The molecule has 0 saturated carbocycles. The van der Waals surface area contributed by atoms with Crippen LogP contribution in [-0.2, 0) is 16.5 Å². The molecule has 14 heavy (non-hydrogen) atoms. The van der Waals surface area contributed by atoms with Crippen molar-refractivity contribution in [1.82, 2.24) is 0 Å². The molecule has 0 unspecified atom stereocenters. The third-order valence-electron chi connectivity index (χ3n) is 1.99. The predicted molar refractivity (Wildman–Crippen MR) is 50.7 cm³/mol. The van der Waals surface area contributed by atoms with E-state index >= 15 is 0 Å². The number of hydrogen-bond acceptors (Lipinski definition) is 2. The van der Waals surface area contributed by atoms with E-state index in [0.717, 1.165) is 0 Å². The van der Waals surface area contributed by atoms with Crippen molar-refractivity contribution in [2.45, 2.75) is 18.2 Å². The molecule has 0 aliphatic rings. The summed E-state index contributed by atoms with van der Waals surface area (Å²) in [6.45, 7) is 1.03. The minimum Gasteiger partial charge on any atom is -0.282 e. The highest BCUT2D eigenvalue weighted by Crippen LogP contribution is 2.19. The monoisotopic (exact) mass is 218 g/mol. The molecule has 0 amide bonds. The first kappa shape index (κ1) is 11.1. The van der Waals surface area contributed by atoms with Crippen LogP contribution in [0.3, 0.4) is 0 Å². The smallest absolute Gasteiger partial charge is 0.282 e. The van der Waals surface area contributed by atoms with Crippen LogP contribution in [0.1, 0.15) is 11.1 Å². The van der Waals surface area contributed by atoms with E-state index in [2.05, 4.69) is 0 Å². The molecule has 0 aliphatic carbocycles. The summed E-state index contributed by atoms with van der Waals surface area (Å²) in [5.41, 5.74) is 1.01. The van der Waals surface area contributed by atoms with Crippen LogP contribution in [0.2, 0.25) is 0 Å². The van der Waals surface area contributed by atoms with E-state index < -0.39 is 16.8 Å². The normalized spacial score (nSPS) is 11.6. The van der Waals surface area contributed by atoms with Crippen molar-refractivity contribution in [3.8, 4) is 0 Å². The van der Waals surface area contributed by atoms with Crippen LogP contribution >= 0.6 is 0 Å². The Morgan fingerprint density at radius 1 is 1.43 bits per heavy atom. The minimum atomic E-state index is -4.24. The van der Waals surface area contributed by atoms with Crippen LogP contribution in [0.5, 0.6) is 0 Å². The number of alkyl halides is 1. The van der Waals surface area contributed by atoms with Crippen LogP contribution in [0.15, 0.2) is 23.1 Å². The van der Waals surface area contributed by atoms with E-state index in [1.54, 1.807) is 13.0 Å². The summed E-state index contributed by atoms with van der Waals surface area (Å²) in [6.07, 6.45) is 0.00178. The molecular weight excluding hydrogens is 207 g/mol. The summed E-state index contributed by atoms with van der Waals surface area (Å²) < 4.78 is 42.8. The number of benzene rings is 1. The van der Waals surface area contributed by atoms with Crippen molar-refractivity contribution in [3.05, 3.63) is 29.3 Å². The quantitative estimate of drug-likeness (QED) is 0.786. The van der Waals surface area contributed by atoms with Gasteiger partial charge >= 0.3 is 0 Å². The van der Waals surface area contributed by atoms with Gasteiger partial charge in [0.25, 0.3) is 10.1 Å². The molecule has 0 spiro atoms. The van der Waals surface area contributed by atoms with Gasteiger partial charge in [-0.2, -0.15) is 8.42 Å². The summed E-state index contributed by atoms with van der Waals surface area (Å²) >= 11 is 0. The van der Waals surface area contributed by atoms with E-state index in [4.69, 9.17) is 4.55 Å². The lowest BCUT2D eigenvalue weighted by molar-refractivity contribution is 0.475. The fourth-order valence-corrected chi connectivity index (χ4v) is 2.16. The van der Waals surface area contributed by atoms with Gasteiger partial charge in [-0.25, -0.2) is 0 Å². The van der Waals surface area contributed by atoms with E-state index in [1.165, 1.54) is 12.1 Å². The third-order valence-corrected chi connectivity index (χ3v) is 2.93. The van der Waals surface area contributed by atoms with Crippen LogP contribution in [0.25, 0.3) is 0 Å². The molecule has 3 nitrogen and oxygen atoms in total. The van der Waals surface area contributed by atoms with Crippen LogP contribution in [0.4, 0.5) is 4.39 Å². The van der Waals surface area contributed by atoms with Crippen LogP contribution in [0, 0.1) is 6.92 Å². The van der Waals surface area contributed by atoms with Crippen molar-refractivity contribution in [2.75, 3.05) is 6.67 Å². The fourth-order valence-electron chi connectivity index (χ4n) is 1.33. The number of hydrogen-bond donors (Lipinski definition) is 1. The van der Waals surface area contributed by atoms with E-state index in [0.29, 0.717) is 11.1 Å². The van der Waals surface area contributed by atoms with Crippen molar-refractivity contribution in [3.63, 3.8) is 0 Å².